The monoisotopic (exact) mass is 305 g/mol. The number of halogens is 1. The summed E-state index contributed by atoms with van der Waals surface area (Å²) in [5, 5.41) is 7.70. The number of nitrogen functional groups attached to an aromatic ring is 1. The van der Waals surface area contributed by atoms with E-state index in [2.05, 4.69) is 10.2 Å². The molecule has 19 heavy (non-hydrogen) atoms. The summed E-state index contributed by atoms with van der Waals surface area (Å²) in [5.41, 5.74) is 6.47. The summed E-state index contributed by atoms with van der Waals surface area (Å²) in [6.45, 7) is 3.36. The van der Waals surface area contributed by atoms with Gasteiger partial charge in [-0.2, -0.15) is 4.31 Å². The first-order valence-electron chi connectivity index (χ1n) is 5.79. The number of aromatic nitrogens is 2. The van der Waals surface area contributed by atoms with Gasteiger partial charge in [0.2, 0.25) is 10.0 Å². The Labute approximate surface area is 117 Å². The van der Waals surface area contributed by atoms with Crippen molar-refractivity contribution < 1.29 is 8.42 Å². The molecule has 1 aliphatic heterocycles. The molecule has 1 aliphatic rings. The molecule has 2 heterocycles. The average molecular weight is 306 g/mol. The van der Waals surface area contributed by atoms with Crippen LogP contribution in [0.1, 0.15) is 6.92 Å². The summed E-state index contributed by atoms with van der Waals surface area (Å²) in [7, 11) is -3.18. The lowest BCUT2D eigenvalue weighted by Gasteiger charge is -2.39. The molecular formula is C10H16ClN5O2S. The Morgan fingerprint density at radius 3 is 2.68 bits per heavy atom. The van der Waals surface area contributed by atoms with Crippen molar-refractivity contribution in [2.24, 2.45) is 0 Å². The summed E-state index contributed by atoms with van der Waals surface area (Å²) in [5.74, 6) is 0.296. The van der Waals surface area contributed by atoms with Gasteiger partial charge < -0.3 is 10.6 Å². The Kier molecular flexibility index (Phi) is 3.84. The number of rotatable bonds is 2. The zero-order chi connectivity index (χ0) is 14.2. The lowest BCUT2D eigenvalue weighted by molar-refractivity contribution is 0.309. The predicted molar refractivity (Wildman–Crippen MR) is 74.7 cm³/mol. The predicted octanol–water partition coefficient (Wildman–Crippen LogP) is 0.182. The smallest absolute Gasteiger partial charge is 0.211 e. The minimum atomic E-state index is -3.18. The first-order valence-corrected chi connectivity index (χ1v) is 8.02. The highest BCUT2D eigenvalue weighted by atomic mass is 35.5. The Morgan fingerprint density at radius 1 is 1.42 bits per heavy atom. The number of hydrogen-bond donors (Lipinski definition) is 1. The maximum Gasteiger partial charge on any atom is 0.211 e. The van der Waals surface area contributed by atoms with Crippen LogP contribution in [0.5, 0.6) is 0 Å². The molecule has 2 N–H and O–H groups in total. The number of anilines is 2. The zero-order valence-corrected chi connectivity index (χ0v) is 12.3. The van der Waals surface area contributed by atoms with E-state index >= 15 is 0 Å². The van der Waals surface area contributed by atoms with Gasteiger partial charge in [-0.1, -0.05) is 11.6 Å². The second-order valence-electron chi connectivity index (χ2n) is 4.61. The molecule has 1 aromatic rings. The van der Waals surface area contributed by atoms with Crippen LogP contribution in [0.15, 0.2) is 6.07 Å². The van der Waals surface area contributed by atoms with Gasteiger partial charge in [0.05, 0.1) is 11.9 Å². The third kappa shape index (κ3) is 3.07. The summed E-state index contributed by atoms with van der Waals surface area (Å²) in [6.07, 6.45) is 1.22. The van der Waals surface area contributed by atoms with Crippen LogP contribution in [0, 0.1) is 0 Å². The Balaban J connectivity index is 2.21. The van der Waals surface area contributed by atoms with Gasteiger partial charge in [0.15, 0.2) is 11.0 Å². The normalized spacial score (nSPS) is 21.6. The fourth-order valence-electron chi connectivity index (χ4n) is 2.27. The minimum absolute atomic E-state index is 0.130. The standard InChI is InChI=1S/C10H16ClN5O2S/c1-7-6-15(3-4-16(7)19(2,17)18)8-5-9(11)13-14-10(8)12/h5,7H,3-4,6H2,1-2H3,(H2,12,14). The maximum atomic E-state index is 11.6. The van der Waals surface area contributed by atoms with Crippen molar-refractivity contribution in [1.82, 2.24) is 14.5 Å². The molecule has 1 unspecified atom stereocenters. The van der Waals surface area contributed by atoms with E-state index in [1.165, 1.54) is 10.6 Å². The van der Waals surface area contributed by atoms with E-state index in [4.69, 9.17) is 17.3 Å². The molecule has 2 rings (SSSR count). The fraction of sp³-hybridized carbons (Fsp3) is 0.600. The summed E-state index contributed by atoms with van der Waals surface area (Å²) in [6, 6.07) is 1.52. The molecule has 0 radical (unpaired) electrons. The number of sulfonamides is 1. The van der Waals surface area contributed by atoms with E-state index in [9.17, 15) is 8.42 Å². The van der Waals surface area contributed by atoms with Crippen LogP contribution in [-0.2, 0) is 10.0 Å². The second-order valence-corrected chi connectivity index (χ2v) is 6.93. The Hall–Kier alpha value is -1.12. The quantitative estimate of drug-likeness (QED) is 0.838. The van der Waals surface area contributed by atoms with Gasteiger partial charge in [-0.3, -0.25) is 0 Å². The topological polar surface area (TPSA) is 92.4 Å². The molecule has 7 nitrogen and oxygen atoms in total. The van der Waals surface area contributed by atoms with Crippen molar-refractivity contribution in [3.63, 3.8) is 0 Å². The van der Waals surface area contributed by atoms with Crippen LogP contribution >= 0.6 is 11.6 Å². The highest BCUT2D eigenvalue weighted by Crippen LogP contribution is 2.26. The molecule has 1 atom stereocenters. The van der Waals surface area contributed by atoms with Gasteiger partial charge in [0, 0.05) is 31.7 Å². The summed E-state index contributed by atoms with van der Waals surface area (Å²) < 4.78 is 24.7. The van der Waals surface area contributed by atoms with Gasteiger partial charge in [-0.15, -0.1) is 10.2 Å². The molecule has 106 valence electrons. The molecule has 1 aromatic heterocycles. The maximum absolute atomic E-state index is 11.6. The number of piperazine rings is 1. The number of hydrogen-bond acceptors (Lipinski definition) is 6. The van der Waals surface area contributed by atoms with Crippen molar-refractivity contribution in [2.45, 2.75) is 13.0 Å². The van der Waals surface area contributed by atoms with E-state index in [0.717, 1.165) is 0 Å². The van der Waals surface area contributed by atoms with E-state index in [1.54, 1.807) is 6.07 Å². The molecule has 1 saturated heterocycles. The van der Waals surface area contributed by atoms with Crippen molar-refractivity contribution in [3.8, 4) is 0 Å². The van der Waals surface area contributed by atoms with Crippen LogP contribution in [0.4, 0.5) is 11.5 Å². The lowest BCUT2D eigenvalue weighted by atomic mass is 10.2. The van der Waals surface area contributed by atoms with E-state index in [0.29, 0.717) is 31.1 Å². The van der Waals surface area contributed by atoms with Crippen molar-refractivity contribution in [2.75, 3.05) is 36.5 Å². The largest absolute Gasteiger partial charge is 0.380 e. The molecule has 0 aliphatic carbocycles. The van der Waals surface area contributed by atoms with Crippen LogP contribution in [0.3, 0.4) is 0 Å². The van der Waals surface area contributed by atoms with Crippen LogP contribution < -0.4 is 10.6 Å². The minimum Gasteiger partial charge on any atom is -0.380 e. The third-order valence-corrected chi connectivity index (χ3v) is 4.68. The highest BCUT2D eigenvalue weighted by molar-refractivity contribution is 7.88. The van der Waals surface area contributed by atoms with Crippen LogP contribution in [0.25, 0.3) is 0 Å². The van der Waals surface area contributed by atoms with E-state index < -0.39 is 10.0 Å². The van der Waals surface area contributed by atoms with Crippen molar-refractivity contribution >= 4 is 33.1 Å². The third-order valence-electron chi connectivity index (χ3n) is 3.10. The van der Waals surface area contributed by atoms with Crippen molar-refractivity contribution in [3.05, 3.63) is 11.2 Å². The first-order chi connectivity index (χ1) is 8.79. The average Bonchev–Trinajstić information content (AvgIpc) is 2.30. The Morgan fingerprint density at radius 2 is 2.11 bits per heavy atom. The molecule has 0 spiro atoms. The number of nitrogens with zero attached hydrogens (tertiary/aromatic N) is 4. The van der Waals surface area contributed by atoms with Gasteiger partial charge >= 0.3 is 0 Å². The fourth-order valence-corrected chi connectivity index (χ4v) is 3.55. The van der Waals surface area contributed by atoms with Gasteiger partial charge in [-0.25, -0.2) is 8.42 Å². The van der Waals surface area contributed by atoms with E-state index in [-0.39, 0.29) is 11.2 Å². The van der Waals surface area contributed by atoms with Crippen LogP contribution in [-0.4, -0.2) is 54.9 Å². The molecule has 0 bridgehead atoms. The van der Waals surface area contributed by atoms with Crippen molar-refractivity contribution in [1.29, 1.82) is 0 Å². The van der Waals surface area contributed by atoms with Crippen LogP contribution in [0.2, 0.25) is 5.15 Å². The van der Waals surface area contributed by atoms with Gasteiger partial charge in [0.25, 0.3) is 0 Å². The lowest BCUT2D eigenvalue weighted by Crippen LogP contribution is -2.53. The molecule has 0 saturated carbocycles. The molecule has 1 fully saturated rings. The SMILES string of the molecule is CC1CN(c2cc(Cl)nnc2N)CCN1S(C)(=O)=O. The first kappa shape index (κ1) is 14.3. The second kappa shape index (κ2) is 5.10. The zero-order valence-electron chi connectivity index (χ0n) is 10.7. The van der Waals surface area contributed by atoms with E-state index in [1.807, 2.05) is 11.8 Å². The molecule has 9 heteroatoms. The molecular weight excluding hydrogens is 290 g/mol. The van der Waals surface area contributed by atoms with Gasteiger partial charge in [-0.05, 0) is 6.92 Å². The number of nitrogens with two attached hydrogens (primary N) is 1. The molecule has 0 aromatic carbocycles. The molecule has 0 amide bonds. The Bertz CT molecular complexity index is 579. The van der Waals surface area contributed by atoms with Gasteiger partial charge in [0.1, 0.15) is 0 Å². The summed E-state index contributed by atoms with van der Waals surface area (Å²) >= 11 is 5.81. The summed E-state index contributed by atoms with van der Waals surface area (Å²) in [4.78, 5) is 1.97. The highest BCUT2D eigenvalue weighted by Gasteiger charge is 2.30.